The number of carbonyl (C=O) groups is 3. The van der Waals surface area contributed by atoms with E-state index in [-0.39, 0.29) is 22.5 Å². The Balaban J connectivity index is 1.64. The molecule has 2 amide bonds. The van der Waals surface area contributed by atoms with Crippen LogP contribution in [0.25, 0.3) is 10.8 Å². The molecule has 0 aliphatic rings. The lowest BCUT2D eigenvalue weighted by Crippen LogP contribution is -2.43. The number of unbranched alkanes of at least 4 members (excludes halogenated alkanes) is 3. The lowest BCUT2D eigenvalue weighted by Gasteiger charge is -2.11. The number of nitro groups is 1. The lowest BCUT2D eigenvalue weighted by atomic mass is 10.1. The standard InChI is InChI=1S/C24H25N5O7/c1-2-3-4-7-13-28-23(32)19-12-6-5-11-18(19)21(27-28)24(33)36-15-20(30)25-26-22(31)16-9-8-10-17(14-16)29(34)35/h5-6,8-12,14H,2-4,7,13,15H2,1H3,(H,25,30)(H,26,31). The number of aryl methyl sites for hydroxylation is 1. The summed E-state index contributed by atoms with van der Waals surface area (Å²) in [6, 6.07) is 11.4. The first kappa shape index (κ1) is 26.0. The van der Waals surface area contributed by atoms with Crippen molar-refractivity contribution in [1.29, 1.82) is 0 Å². The maximum atomic E-state index is 12.8. The van der Waals surface area contributed by atoms with Gasteiger partial charge in [-0.25, -0.2) is 9.48 Å². The topological polar surface area (TPSA) is 163 Å². The number of esters is 1. The molecule has 36 heavy (non-hydrogen) atoms. The number of hydrazine groups is 1. The number of nitro benzene ring substituents is 1. The van der Waals surface area contributed by atoms with Crippen molar-refractivity contribution in [2.75, 3.05) is 6.61 Å². The van der Waals surface area contributed by atoms with Gasteiger partial charge < -0.3 is 4.74 Å². The summed E-state index contributed by atoms with van der Waals surface area (Å²) in [4.78, 5) is 59.9. The molecule has 12 heteroatoms. The number of carbonyl (C=O) groups excluding carboxylic acids is 3. The number of rotatable bonds is 10. The van der Waals surface area contributed by atoms with Gasteiger partial charge in [0.25, 0.3) is 23.1 Å². The lowest BCUT2D eigenvalue weighted by molar-refractivity contribution is -0.384. The molecule has 0 unspecified atom stereocenters. The third kappa shape index (κ3) is 6.50. The molecule has 0 saturated heterocycles. The van der Waals surface area contributed by atoms with Crippen molar-refractivity contribution in [2.24, 2.45) is 0 Å². The predicted molar refractivity (Wildman–Crippen MR) is 129 cm³/mol. The van der Waals surface area contributed by atoms with Crippen LogP contribution in [0.4, 0.5) is 5.69 Å². The summed E-state index contributed by atoms with van der Waals surface area (Å²) < 4.78 is 6.29. The first-order valence-corrected chi connectivity index (χ1v) is 11.3. The van der Waals surface area contributed by atoms with Gasteiger partial charge in [0, 0.05) is 29.6 Å². The Hall–Kier alpha value is -4.61. The van der Waals surface area contributed by atoms with E-state index in [1.807, 2.05) is 0 Å². The quantitative estimate of drug-likeness (QED) is 0.188. The largest absolute Gasteiger partial charge is 0.451 e. The van der Waals surface area contributed by atoms with Crippen LogP contribution in [0.1, 0.15) is 53.5 Å². The molecule has 0 atom stereocenters. The fraction of sp³-hybridized carbons (Fsp3) is 0.292. The van der Waals surface area contributed by atoms with Crippen molar-refractivity contribution in [1.82, 2.24) is 20.6 Å². The Labute approximate surface area is 205 Å². The number of nitrogens with zero attached hydrogens (tertiary/aromatic N) is 3. The first-order valence-electron chi connectivity index (χ1n) is 11.3. The van der Waals surface area contributed by atoms with Gasteiger partial charge in [-0.05, 0) is 18.6 Å². The highest BCUT2D eigenvalue weighted by molar-refractivity contribution is 6.02. The minimum atomic E-state index is -0.909. The van der Waals surface area contributed by atoms with Crippen LogP contribution in [0.5, 0.6) is 0 Å². The van der Waals surface area contributed by atoms with E-state index in [9.17, 15) is 29.3 Å². The molecule has 0 bridgehead atoms. The molecule has 0 fully saturated rings. The SMILES string of the molecule is CCCCCCn1nc(C(=O)OCC(=O)NNC(=O)c2cccc([N+](=O)[O-])c2)c2ccccc2c1=O. The van der Waals surface area contributed by atoms with Crippen molar-refractivity contribution in [3.8, 4) is 0 Å². The van der Waals surface area contributed by atoms with Gasteiger partial charge in [0.2, 0.25) is 0 Å². The van der Waals surface area contributed by atoms with Crippen LogP contribution in [0.3, 0.4) is 0 Å². The Morgan fingerprint density at radius 2 is 1.78 bits per heavy atom. The second-order valence-corrected chi connectivity index (χ2v) is 7.87. The molecule has 3 aromatic rings. The van der Waals surface area contributed by atoms with Gasteiger partial charge in [0.15, 0.2) is 12.3 Å². The fourth-order valence-electron chi connectivity index (χ4n) is 3.42. The van der Waals surface area contributed by atoms with Crippen LogP contribution >= 0.6 is 0 Å². The molecule has 1 heterocycles. The molecule has 0 aliphatic carbocycles. The van der Waals surface area contributed by atoms with Gasteiger partial charge in [-0.2, -0.15) is 5.10 Å². The van der Waals surface area contributed by atoms with E-state index in [4.69, 9.17) is 4.74 Å². The monoisotopic (exact) mass is 495 g/mol. The van der Waals surface area contributed by atoms with Gasteiger partial charge in [0.1, 0.15) is 0 Å². The number of ether oxygens (including phenoxy) is 1. The Bertz CT molecular complexity index is 1350. The number of non-ortho nitro benzene ring substituents is 1. The molecular formula is C24H25N5O7. The van der Waals surface area contributed by atoms with Crippen molar-refractivity contribution < 1.29 is 24.0 Å². The third-order valence-electron chi connectivity index (χ3n) is 5.25. The first-order chi connectivity index (χ1) is 17.3. The van der Waals surface area contributed by atoms with Crippen molar-refractivity contribution >= 4 is 34.2 Å². The average molecular weight is 495 g/mol. The van der Waals surface area contributed by atoms with Crippen LogP contribution in [0, 0.1) is 10.1 Å². The van der Waals surface area contributed by atoms with Gasteiger partial charge in [-0.3, -0.25) is 35.3 Å². The van der Waals surface area contributed by atoms with Gasteiger partial charge in [-0.1, -0.05) is 50.5 Å². The minimum absolute atomic E-state index is 0.0432. The van der Waals surface area contributed by atoms with Crippen LogP contribution < -0.4 is 16.4 Å². The molecule has 0 radical (unpaired) electrons. The molecule has 0 saturated carbocycles. The summed E-state index contributed by atoms with van der Waals surface area (Å²) in [5, 5.41) is 15.6. The van der Waals surface area contributed by atoms with E-state index in [1.54, 1.807) is 24.3 Å². The number of aromatic nitrogens is 2. The Morgan fingerprint density at radius 3 is 2.50 bits per heavy atom. The summed E-state index contributed by atoms with van der Waals surface area (Å²) in [7, 11) is 0. The predicted octanol–water partition coefficient (Wildman–Crippen LogP) is 2.50. The molecule has 188 valence electrons. The average Bonchev–Trinajstić information content (AvgIpc) is 2.89. The Kier molecular flexibility index (Phi) is 8.81. The van der Waals surface area contributed by atoms with E-state index >= 15 is 0 Å². The third-order valence-corrected chi connectivity index (χ3v) is 5.25. The summed E-state index contributed by atoms with van der Waals surface area (Å²) in [5.41, 5.74) is 3.42. The molecule has 2 aromatic carbocycles. The van der Waals surface area contributed by atoms with E-state index in [1.165, 1.54) is 22.9 Å². The van der Waals surface area contributed by atoms with E-state index in [0.717, 1.165) is 31.7 Å². The number of amides is 2. The van der Waals surface area contributed by atoms with E-state index in [2.05, 4.69) is 22.9 Å². The fourth-order valence-corrected chi connectivity index (χ4v) is 3.42. The maximum Gasteiger partial charge on any atom is 0.359 e. The highest BCUT2D eigenvalue weighted by atomic mass is 16.6. The second-order valence-electron chi connectivity index (χ2n) is 7.87. The van der Waals surface area contributed by atoms with Crippen molar-refractivity contribution in [3.05, 3.63) is 80.3 Å². The molecule has 0 spiro atoms. The number of hydrogen-bond donors (Lipinski definition) is 2. The summed E-state index contributed by atoms with van der Waals surface area (Å²) >= 11 is 0. The zero-order chi connectivity index (χ0) is 26.1. The number of nitrogens with one attached hydrogen (secondary N) is 2. The van der Waals surface area contributed by atoms with Crippen LogP contribution in [0.2, 0.25) is 0 Å². The maximum absolute atomic E-state index is 12.8. The Morgan fingerprint density at radius 1 is 1.03 bits per heavy atom. The second kappa shape index (κ2) is 12.2. The molecular weight excluding hydrogens is 470 g/mol. The van der Waals surface area contributed by atoms with Gasteiger partial charge in [0.05, 0.1) is 10.3 Å². The van der Waals surface area contributed by atoms with Crippen molar-refractivity contribution in [3.63, 3.8) is 0 Å². The van der Waals surface area contributed by atoms with Crippen LogP contribution in [-0.2, 0) is 16.1 Å². The zero-order valence-electron chi connectivity index (χ0n) is 19.6. The smallest absolute Gasteiger partial charge is 0.359 e. The minimum Gasteiger partial charge on any atom is -0.451 e. The molecule has 2 N–H and O–H groups in total. The highest BCUT2D eigenvalue weighted by Crippen LogP contribution is 2.15. The number of hydrogen-bond acceptors (Lipinski definition) is 8. The normalized spacial score (nSPS) is 10.6. The summed E-state index contributed by atoms with van der Waals surface area (Å²) in [6.45, 7) is 1.68. The molecule has 1 aromatic heterocycles. The van der Waals surface area contributed by atoms with E-state index < -0.39 is 29.3 Å². The van der Waals surface area contributed by atoms with Crippen LogP contribution in [0.15, 0.2) is 53.3 Å². The molecule has 0 aliphatic heterocycles. The van der Waals surface area contributed by atoms with Gasteiger partial charge >= 0.3 is 5.97 Å². The summed E-state index contributed by atoms with van der Waals surface area (Å²) in [6.07, 6.45) is 3.69. The number of fused-ring (bicyclic) bond motifs is 1. The zero-order valence-corrected chi connectivity index (χ0v) is 19.6. The molecule has 12 nitrogen and oxygen atoms in total. The van der Waals surface area contributed by atoms with Gasteiger partial charge in [-0.15, -0.1) is 0 Å². The number of benzene rings is 2. The van der Waals surface area contributed by atoms with Crippen LogP contribution in [-0.4, -0.2) is 39.1 Å². The highest BCUT2D eigenvalue weighted by Gasteiger charge is 2.19. The van der Waals surface area contributed by atoms with Crippen molar-refractivity contribution in [2.45, 2.75) is 39.2 Å². The summed E-state index contributed by atoms with van der Waals surface area (Å²) in [5.74, 6) is -2.55. The van der Waals surface area contributed by atoms with E-state index in [0.29, 0.717) is 17.3 Å². The molecule has 3 rings (SSSR count).